The third kappa shape index (κ3) is 5.15. The van der Waals surface area contributed by atoms with Gasteiger partial charge in [-0.15, -0.1) is 0 Å². The van der Waals surface area contributed by atoms with Crippen LogP contribution in [0.25, 0.3) is 6.08 Å². The van der Waals surface area contributed by atoms with Crippen LogP contribution in [-0.2, 0) is 17.5 Å². The molecule has 0 saturated carbocycles. The molecular formula is C18H16F3NO2. The van der Waals surface area contributed by atoms with Crippen molar-refractivity contribution in [2.45, 2.75) is 12.7 Å². The van der Waals surface area contributed by atoms with Crippen LogP contribution in [0.2, 0.25) is 0 Å². The second kappa shape index (κ2) is 7.68. The van der Waals surface area contributed by atoms with Crippen LogP contribution in [0.4, 0.5) is 13.2 Å². The maximum Gasteiger partial charge on any atom is 0.416 e. The van der Waals surface area contributed by atoms with E-state index in [0.29, 0.717) is 11.3 Å². The van der Waals surface area contributed by atoms with Crippen molar-refractivity contribution in [1.29, 1.82) is 0 Å². The van der Waals surface area contributed by atoms with E-state index in [1.807, 2.05) is 0 Å². The average molecular weight is 335 g/mol. The van der Waals surface area contributed by atoms with E-state index < -0.39 is 17.6 Å². The quantitative estimate of drug-likeness (QED) is 0.838. The number of ether oxygens (including phenoxy) is 1. The van der Waals surface area contributed by atoms with Crippen LogP contribution in [0.1, 0.15) is 16.7 Å². The Labute approximate surface area is 137 Å². The molecule has 0 radical (unpaired) electrons. The summed E-state index contributed by atoms with van der Waals surface area (Å²) in [7, 11) is 1.55. The van der Waals surface area contributed by atoms with Gasteiger partial charge in [-0.05, 0) is 41.5 Å². The highest BCUT2D eigenvalue weighted by Gasteiger charge is 2.30. The number of rotatable bonds is 5. The van der Waals surface area contributed by atoms with Gasteiger partial charge in [-0.25, -0.2) is 0 Å². The molecule has 3 nitrogen and oxygen atoms in total. The number of halogens is 3. The molecule has 1 N–H and O–H groups in total. The molecule has 0 aromatic heterocycles. The lowest BCUT2D eigenvalue weighted by Crippen LogP contribution is -2.20. The van der Waals surface area contributed by atoms with Crippen LogP contribution in [0.15, 0.2) is 54.6 Å². The van der Waals surface area contributed by atoms with Gasteiger partial charge in [-0.1, -0.05) is 24.3 Å². The second-order valence-electron chi connectivity index (χ2n) is 5.03. The van der Waals surface area contributed by atoms with Crippen molar-refractivity contribution in [2.75, 3.05) is 7.11 Å². The van der Waals surface area contributed by atoms with E-state index in [4.69, 9.17) is 4.74 Å². The predicted molar refractivity (Wildman–Crippen MR) is 85.3 cm³/mol. The second-order valence-corrected chi connectivity index (χ2v) is 5.03. The van der Waals surface area contributed by atoms with Crippen LogP contribution in [0, 0.1) is 0 Å². The number of carbonyl (C=O) groups excluding carboxylic acids is 1. The molecule has 0 bridgehead atoms. The molecule has 0 aliphatic rings. The van der Waals surface area contributed by atoms with Crippen molar-refractivity contribution in [3.05, 3.63) is 71.3 Å². The summed E-state index contributed by atoms with van der Waals surface area (Å²) < 4.78 is 43.0. The van der Waals surface area contributed by atoms with Gasteiger partial charge in [0, 0.05) is 12.6 Å². The summed E-state index contributed by atoms with van der Waals surface area (Å²) in [4.78, 5) is 11.8. The molecular weight excluding hydrogens is 319 g/mol. The fourth-order valence-corrected chi connectivity index (χ4v) is 2.02. The minimum absolute atomic E-state index is 0.0191. The minimum Gasteiger partial charge on any atom is -0.497 e. The molecule has 0 saturated heterocycles. The number of alkyl halides is 3. The van der Waals surface area contributed by atoms with Crippen LogP contribution >= 0.6 is 0 Å². The predicted octanol–water partition coefficient (Wildman–Crippen LogP) is 4.04. The first-order valence-electron chi connectivity index (χ1n) is 7.14. The molecule has 6 heteroatoms. The van der Waals surface area contributed by atoms with Crippen molar-refractivity contribution < 1.29 is 22.7 Å². The minimum atomic E-state index is -4.40. The fourth-order valence-electron chi connectivity index (χ4n) is 2.02. The number of methoxy groups -OCH3 is 1. The number of carbonyl (C=O) groups is 1. The lowest BCUT2D eigenvalue weighted by atomic mass is 10.1. The van der Waals surface area contributed by atoms with Gasteiger partial charge in [0.1, 0.15) is 5.75 Å². The van der Waals surface area contributed by atoms with Crippen molar-refractivity contribution in [3.63, 3.8) is 0 Å². The third-order valence-corrected chi connectivity index (χ3v) is 3.24. The van der Waals surface area contributed by atoms with Gasteiger partial charge in [0.25, 0.3) is 0 Å². The van der Waals surface area contributed by atoms with Gasteiger partial charge in [0.05, 0.1) is 12.7 Å². The van der Waals surface area contributed by atoms with Crippen molar-refractivity contribution in [3.8, 4) is 5.75 Å². The van der Waals surface area contributed by atoms with Gasteiger partial charge in [-0.3, -0.25) is 4.79 Å². The zero-order valence-electron chi connectivity index (χ0n) is 12.9. The molecule has 126 valence electrons. The van der Waals surface area contributed by atoms with Crippen LogP contribution in [0.3, 0.4) is 0 Å². The van der Waals surface area contributed by atoms with E-state index in [2.05, 4.69) is 5.32 Å². The summed E-state index contributed by atoms with van der Waals surface area (Å²) >= 11 is 0. The molecule has 0 aliphatic heterocycles. The SMILES string of the molecule is COc1cccc(C=CC(=O)NCc2cccc(C(F)(F)F)c2)c1. The van der Waals surface area contributed by atoms with E-state index in [1.165, 1.54) is 18.2 Å². The lowest BCUT2D eigenvalue weighted by Gasteiger charge is -2.09. The van der Waals surface area contributed by atoms with E-state index >= 15 is 0 Å². The normalized spacial score (nSPS) is 11.5. The molecule has 0 fully saturated rings. The molecule has 0 aliphatic carbocycles. The molecule has 0 spiro atoms. The first-order valence-corrected chi connectivity index (χ1v) is 7.14. The van der Waals surface area contributed by atoms with Gasteiger partial charge in [0.15, 0.2) is 0 Å². The number of hydrogen-bond acceptors (Lipinski definition) is 2. The first-order chi connectivity index (χ1) is 11.4. The first kappa shape index (κ1) is 17.6. The summed E-state index contributed by atoms with van der Waals surface area (Å²) in [6, 6.07) is 12.0. The Balaban J connectivity index is 1.94. The van der Waals surface area contributed by atoms with Gasteiger partial charge in [-0.2, -0.15) is 13.2 Å². The van der Waals surface area contributed by atoms with Crippen molar-refractivity contribution in [2.24, 2.45) is 0 Å². The van der Waals surface area contributed by atoms with Crippen LogP contribution in [-0.4, -0.2) is 13.0 Å². The van der Waals surface area contributed by atoms with Gasteiger partial charge < -0.3 is 10.1 Å². The molecule has 24 heavy (non-hydrogen) atoms. The van der Waals surface area contributed by atoms with E-state index in [0.717, 1.165) is 17.7 Å². The Bertz CT molecular complexity index is 739. The van der Waals surface area contributed by atoms with Crippen molar-refractivity contribution in [1.82, 2.24) is 5.32 Å². The Morgan fingerprint density at radius 3 is 2.62 bits per heavy atom. The molecule has 2 aromatic carbocycles. The average Bonchev–Trinajstić information content (AvgIpc) is 2.58. The molecule has 0 atom stereocenters. The lowest BCUT2D eigenvalue weighted by molar-refractivity contribution is -0.137. The summed E-state index contributed by atoms with van der Waals surface area (Å²) in [5.41, 5.74) is 0.428. The molecule has 2 rings (SSSR count). The largest absolute Gasteiger partial charge is 0.497 e. The highest BCUT2D eigenvalue weighted by molar-refractivity contribution is 5.91. The van der Waals surface area contributed by atoms with Gasteiger partial charge in [0.2, 0.25) is 5.91 Å². The van der Waals surface area contributed by atoms with E-state index in [-0.39, 0.29) is 6.54 Å². The molecule has 0 unspecified atom stereocenters. The monoisotopic (exact) mass is 335 g/mol. The number of nitrogens with one attached hydrogen (secondary N) is 1. The topological polar surface area (TPSA) is 38.3 Å². The summed E-state index contributed by atoms with van der Waals surface area (Å²) in [6.07, 6.45) is -1.47. The zero-order valence-corrected chi connectivity index (χ0v) is 12.9. The zero-order chi connectivity index (χ0) is 17.6. The standard InChI is InChI=1S/C18H16F3NO2/c1-24-16-7-3-4-13(11-16)8-9-17(23)22-12-14-5-2-6-15(10-14)18(19,20)21/h2-11H,12H2,1H3,(H,22,23). The fraction of sp³-hybridized carbons (Fsp3) is 0.167. The Morgan fingerprint density at radius 2 is 1.92 bits per heavy atom. The van der Waals surface area contributed by atoms with E-state index in [9.17, 15) is 18.0 Å². The number of amides is 1. The summed E-state index contributed by atoms with van der Waals surface area (Å²) in [5.74, 6) is 0.275. The summed E-state index contributed by atoms with van der Waals surface area (Å²) in [5, 5.41) is 2.55. The van der Waals surface area contributed by atoms with Crippen LogP contribution in [0.5, 0.6) is 5.75 Å². The highest BCUT2D eigenvalue weighted by Crippen LogP contribution is 2.29. The maximum absolute atomic E-state index is 12.6. The van der Waals surface area contributed by atoms with E-state index in [1.54, 1.807) is 37.5 Å². The molecule has 1 amide bonds. The third-order valence-electron chi connectivity index (χ3n) is 3.24. The number of hydrogen-bond donors (Lipinski definition) is 1. The maximum atomic E-state index is 12.6. The Kier molecular flexibility index (Phi) is 5.63. The van der Waals surface area contributed by atoms with Crippen molar-refractivity contribution >= 4 is 12.0 Å². The summed E-state index contributed by atoms with van der Waals surface area (Å²) in [6.45, 7) is 0.0191. The smallest absolute Gasteiger partial charge is 0.416 e. The van der Waals surface area contributed by atoms with Crippen LogP contribution < -0.4 is 10.1 Å². The number of benzene rings is 2. The Hall–Kier alpha value is -2.76. The molecule has 2 aromatic rings. The Morgan fingerprint density at radius 1 is 1.17 bits per heavy atom. The highest BCUT2D eigenvalue weighted by atomic mass is 19.4. The van der Waals surface area contributed by atoms with Gasteiger partial charge >= 0.3 is 6.18 Å². The molecule has 0 heterocycles.